The molecule has 0 saturated heterocycles. The number of unbranched alkanes of at least 4 members (excludes halogenated alkanes) is 3. The van der Waals surface area contributed by atoms with Crippen LogP contribution in [-0.4, -0.2) is 33.6 Å². The second-order valence-electron chi connectivity index (χ2n) is 10.9. The minimum atomic E-state index is -2.89. The molecule has 37 heavy (non-hydrogen) atoms. The van der Waals surface area contributed by atoms with Crippen LogP contribution in [0.15, 0.2) is 91.0 Å². The van der Waals surface area contributed by atoms with Crippen LogP contribution in [0.1, 0.15) is 82.9 Å². The van der Waals surface area contributed by atoms with Gasteiger partial charge in [0.15, 0.2) is 0 Å². The Balaban J connectivity index is 2.12. The first-order valence-corrected chi connectivity index (χ1v) is 22.4. The van der Waals surface area contributed by atoms with Gasteiger partial charge in [0.25, 0.3) is 0 Å². The Bertz CT molecular complexity index is 889. The van der Waals surface area contributed by atoms with Crippen LogP contribution >= 0.6 is 0 Å². The van der Waals surface area contributed by atoms with E-state index >= 15 is 0 Å². The van der Waals surface area contributed by atoms with Crippen molar-refractivity contribution in [3.8, 4) is 0 Å². The fourth-order valence-corrected chi connectivity index (χ4v) is 23.2. The van der Waals surface area contributed by atoms with Crippen LogP contribution < -0.4 is 5.32 Å². The van der Waals surface area contributed by atoms with Crippen molar-refractivity contribution in [2.24, 2.45) is 0 Å². The van der Waals surface area contributed by atoms with Crippen LogP contribution in [0, 0.1) is 0 Å². The molecule has 2 N–H and O–H groups in total. The van der Waals surface area contributed by atoms with Crippen molar-refractivity contribution in [3.63, 3.8) is 0 Å². The van der Waals surface area contributed by atoms with Gasteiger partial charge in [-0.2, -0.15) is 0 Å². The number of aliphatic hydroxyl groups excluding tert-OH is 1. The summed E-state index contributed by atoms with van der Waals surface area (Å²) in [4.78, 5) is 0. The third-order valence-electron chi connectivity index (χ3n) is 8.25. The summed E-state index contributed by atoms with van der Waals surface area (Å²) in [5.41, 5.74) is 3.09. The quantitative estimate of drug-likeness (QED) is 0.126. The molecule has 0 aromatic heterocycles. The van der Waals surface area contributed by atoms with Crippen LogP contribution in [0.2, 0.25) is 13.3 Å². The van der Waals surface area contributed by atoms with Crippen molar-refractivity contribution >= 4 is 18.4 Å². The summed E-state index contributed by atoms with van der Waals surface area (Å²) in [6.07, 6.45) is 7.42. The van der Waals surface area contributed by atoms with Gasteiger partial charge in [-0.3, -0.25) is 0 Å². The zero-order valence-electron chi connectivity index (χ0n) is 23.6. The number of hydrogen-bond donors (Lipinski definition) is 2. The van der Waals surface area contributed by atoms with Gasteiger partial charge < -0.3 is 0 Å². The van der Waals surface area contributed by atoms with E-state index in [-0.39, 0.29) is 10.2 Å². The summed E-state index contributed by atoms with van der Waals surface area (Å²) in [6, 6.07) is 32.4. The maximum absolute atomic E-state index is 12.3. The van der Waals surface area contributed by atoms with Gasteiger partial charge >= 0.3 is 232 Å². The molecule has 0 aliphatic rings. The molecule has 2 atom stereocenters. The fraction of sp³-hybridized carbons (Fsp3) is 0.471. The molecular formula is C34H49NOSn. The van der Waals surface area contributed by atoms with Crippen LogP contribution in [0.25, 0.3) is 0 Å². The zero-order chi connectivity index (χ0) is 26.6. The number of rotatable bonds is 16. The SMILES string of the molecule is CCC[CH2][Sn]([CH2]CCC)([CH2]CCC)[C@@H](O)[C@@H](C)NC(c1ccccc1)(c1ccccc1)c1ccccc1. The summed E-state index contributed by atoms with van der Waals surface area (Å²) < 4.78 is 3.67. The Labute approximate surface area is 230 Å². The molecule has 2 nitrogen and oxygen atoms in total. The molecule has 0 unspecified atom stereocenters. The number of aliphatic hydroxyl groups is 1. The second-order valence-corrected chi connectivity index (χ2v) is 24.6. The van der Waals surface area contributed by atoms with Crippen molar-refractivity contribution in [3.05, 3.63) is 108 Å². The number of benzene rings is 3. The Morgan fingerprint density at radius 3 is 1.24 bits per heavy atom. The van der Waals surface area contributed by atoms with E-state index in [1.807, 2.05) is 0 Å². The summed E-state index contributed by atoms with van der Waals surface area (Å²) >= 11 is -2.89. The molecule has 0 spiro atoms. The molecule has 0 fully saturated rings. The van der Waals surface area contributed by atoms with E-state index in [1.165, 1.54) is 68.5 Å². The van der Waals surface area contributed by atoms with Crippen molar-refractivity contribution in [1.29, 1.82) is 0 Å². The van der Waals surface area contributed by atoms with Gasteiger partial charge in [-0.1, -0.05) is 0 Å². The molecule has 200 valence electrons. The third-order valence-corrected chi connectivity index (χ3v) is 24.8. The Hall–Kier alpha value is -1.62. The van der Waals surface area contributed by atoms with Crippen LogP contribution in [0.3, 0.4) is 0 Å². The average molecular weight is 606 g/mol. The Morgan fingerprint density at radius 2 is 0.946 bits per heavy atom. The van der Waals surface area contributed by atoms with Crippen LogP contribution in [0.4, 0.5) is 0 Å². The van der Waals surface area contributed by atoms with E-state index in [1.54, 1.807) is 0 Å². The van der Waals surface area contributed by atoms with Crippen molar-refractivity contribution in [2.75, 3.05) is 0 Å². The summed E-state index contributed by atoms with van der Waals surface area (Å²) in [7, 11) is 0. The number of hydrogen-bond acceptors (Lipinski definition) is 2. The first-order valence-electron chi connectivity index (χ1n) is 14.7. The first-order chi connectivity index (χ1) is 18.0. The topological polar surface area (TPSA) is 32.3 Å². The normalized spacial score (nSPS) is 13.9. The Morgan fingerprint density at radius 1 is 0.622 bits per heavy atom. The van der Waals surface area contributed by atoms with Gasteiger partial charge in [0.05, 0.1) is 0 Å². The van der Waals surface area contributed by atoms with Gasteiger partial charge in [0.2, 0.25) is 0 Å². The van der Waals surface area contributed by atoms with Crippen LogP contribution in [-0.2, 0) is 5.54 Å². The molecule has 3 heteroatoms. The molecule has 0 aliphatic carbocycles. The van der Waals surface area contributed by atoms with E-state index in [4.69, 9.17) is 0 Å². The first kappa shape index (κ1) is 29.9. The summed E-state index contributed by atoms with van der Waals surface area (Å²) in [5, 5.41) is 16.5. The third kappa shape index (κ3) is 7.28. The molecule has 3 rings (SSSR count). The summed E-state index contributed by atoms with van der Waals surface area (Å²) in [5.74, 6) is 0. The molecule has 0 saturated carbocycles. The molecule has 0 heterocycles. The minimum absolute atomic E-state index is 0.0120. The predicted octanol–water partition coefficient (Wildman–Crippen LogP) is 8.71. The summed E-state index contributed by atoms with van der Waals surface area (Å²) in [6.45, 7) is 9.16. The molecular weight excluding hydrogens is 557 g/mol. The van der Waals surface area contributed by atoms with E-state index in [0.717, 1.165) is 0 Å². The van der Waals surface area contributed by atoms with Gasteiger partial charge in [-0.05, 0) is 0 Å². The van der Waals surface area contributed by atoms with Gasteiger partial charge in [-0.15, -0.1) is 0 Å². The van der Waals surface area contributed by atoms with E-state index in [0.29, 0.717) is 0 Å². The molecule has 3 aromatic carbocycles. The van der Waals surface area contributed by atoms with Gasteiger partial charge in [0, 0.05) is 0 Å². The molecule has 0 bridgehead atoms. The monoisotopic (exact) mass is 607 g/mol. The molecule has 3 aromatic rings. The second kappa shape index (κ2) is 15.1. The van der Waals surface area contributed by atoms with E-state index < -0.39 is 23.9 Å². The van der Waals surface area contributed by atoms with Gasteiger partial charge in [-0.25, -0.2) is 0 Å². The van der Waals surface area contributed by atoms with E-state index in [9.17, 15) is 5.11 Å². The van der Waals surface area contributed by atoms with Crippen molar-refractivity contribution in [2.45, 2.75) is 95.2 Å². The maximum atomic E-state index is 12.3. The predicted molar refractivity (Wildman–Crippen MR) is 163 cm³/mol. The van der Waals surface area contributed by atoms with Crippen LogP contribution in [0.5, 0.6) is 0 Å². The fourth-order valence-electron chi connectivity index (χ4n) is 6.17. The number of nitrogens with one attached hydrogen (secondary N) is 1. The van der Waals surface area contributed by atoms with Crippen molar-refractivity contribution in [1.82, 2.24) is 5.32 Å². The average Bonchev–Trinajstić information content (AvgIpc) is 2.96. The van der Waals surface area contributed by atoms with Crippen molar-refractivity contribution < 1.29 is 5.11 Å². The standard InChI is InChI=1S/C22H22NO.3C4H9.Sn/c1-18(17-24)23-22(19-11-5-2-6-12-19,20-13-7-3-8-14-20)21-15-9-4-10-16-21;3*1-3-4-2;/h2-18,23-24H,1H3;3*1,3-4H2,2H3;/t18-;;;;/m1..../s1. The molecule has 0 aliphatic heterocycles. The Kier molecular flexibility index (Phi) is 12.2. The zero-order valence-corrected chi connectivity index (χ0v) is 26.5. The molecule has 0 amide bonds. The van der Waals surface area contributed by atoms with E-state index in [2.05, 4.69) is 124 Å². The molecule has 0 radical (unpaired) electrons. The van der Waals surface area contributed by atoms with Gasteiger partial charge in [0.1, 0.15) is 0 Å².